The van der Waals surface area contributed by atoms with Crippen molar-refractivity contribution < 1.29 is 47.5 Å². The van der Waals surface area contributed by atoms with Crippen LogP contribution in [0, 0.1) is 0 Å². The largest absolute Gasteiger partial charge is 0.493 e. The van der Waals surface area contributed by atoms with Gasteiger partial charge in [0, 0.05) is 56.6 Å². The van der Waals surface area contributed by atoms with Crippen molar-refractivity contribution in [3.63, 3.8) is 0 Å². The van der Waals surface area contributed by atoms with E-state index in [9.17, 15) is 14.4 Å². The Morgan fingerprint density at radius 3 is 1.97 bits per heavy atom. The summed E-state index contributed by atoms with van der Waals surface area (Å²) >= 11 is 0. The van der Waals surface area contributed by atoms with Crippen LogP contribution in [0.25, 0.3) is 6.08 Å². The number of rotatable bonds is 18. The van der Waals surface area contributed by atoms with Crippen molar-refractivity contribution in [3.8, 4) is 40.2 Å². The van der Waals surface area contributed by atoms with E-state index in [2.05, 4.69) is 4.99 Å². The number of hydrogen-bond acceptors (Lipinski definition) is 11. The van der Waals surface area contributed by atoms with Gasteiger partial charge in [0.05, 0.1) is 66.1 Å². The molecule has 0 radical (unpaired) electrons. The maximum absolute atomic E-state index is 13.3. The van der Waals surface area contributed by atoms with Gasteiger partial charge in [-0.2, -0.15) is 0 Å². The highest BCUT2D eigenvalue weighted by Crippen LogP contribution is 2.40. The number of methoxy groups -OCH3 is 5. The maximum Gasteiger partial charge on any atom is 0.256 e. The third-order valence-corrected chi connectivity index (χ3v) is 10.7. The Hall–Kier alpha value is -5.92. The van der Waals surface area contributed by atoms with Crippen LogP contribution in [-0.2, 0) is 4.79 Å². The molecule has 1 atom stereocenters. The molecule has 3 aromatic rings. The van der Waals surface area contributed by atoms with Gasteiger partial charge in [0.1, 0.15) is 0 Å². The molecule has 0 unspecified atom stereocenters. The second kappa shape index (κ2) is 20.0. The standard InChI is InChI=1S/C44H54N4O10/c1-52-36-24-30(14-16-41(49)46-18-20-47(21-19-46)43(50)31-25-39(54-3)42(56-5)40(26-31)55-4)13-15-35(36)57-22-9-7-6-8-10-23-58-38-28-34-33(27-37(38)53-2)44(51)48-17-11-12-32(48)29-45-34/h13-16,24-29,32H,6-12,17-23H2,1-5H3/b16-14+/t32-/m0/s1. The summed E-state index contributed by atoms with van der Waals surface area (Å²) in [6.45, 7) is 3.46. The third kappa shape index (κ3) is 9.78. The van der Waals surface area contributed by atoms with E-state index < -0.39 is 0 Å². The molecule has 3 aliphatic heterocycles. The normalized spacial score (nSPS) is 16.1. The minimum Gasteiger partial charge on any atom is -0.493 e. The Balaban J connectivity index is 0.890. The molecule has 0 saturated carbocycles. The van der Waals surface area contributed by atoms with E-state index in [1.165, 1.54) is 21.3 Å². The molecule has 0 N–H and O–H groups in total. The van der Waals surface area contributed by atoms with Gasteiger partial charge in [-0.3, -0.25) is 19.4 Å². The van der Waals surface area contributed by atoms with Crippen LogP contribution in [0.3, 0.4) is 0 Å². The first kappa shape index (κ1) is 41.7. The second-order valence-electron chi connectivity index (χ2n) is 14.2. The van der Waals surface area contributed by atoms with Crippen LogP contribution in [0.5, 0.6) is 40.2 Å². The Kier molecular flexibility index (Phi) is 14.4. The molecule has 0 aliphatic carbocycles. The molecule has 3 aromatic carbocycles. The van der Waals surface area contributed by atoms with E-state index >= 15 is 0 Å². The highest BCUT2D eigenvalue weighted by Gasteiger charge is 2.33. The number of benzene rings is 3. The molecule has 3 amide bonds. The zero-order valence-electron chi connectivity index (χ0n) is 34.1. The molecule has 14 nitrogen and oxygen atoms in total. The van der Waals surface area contributed by atoms with Crippen molar-refractivity contribution in [1.29, 1.82) is 0 Å². The van der Waals surface area contributed by atoms with Crippen molar-refractivity contribution in [2.75, 3.05) is 81.5 Å². The minimum absolute atomic E-state index is 0.00421. The molecule has 0 aromatic heterocycles. The van der Waals surface area contributed by atoms with Gasteiger partial charge < -0.3 is 47.9 Å². The van der Waals surface area contributed by atoms with Gasteiger partial charge in [0.25, 0.3) is 11.8 Å². The molecular weight excluding hydrogens is 745 g/mol. The summed E-state index contributed by atoms with van der Waals surface area (Å²) < 4.78 is 39.5. The summed E-state index contributed by atoms with van der Waals surface area (Å²) in [5.41, 5.74) is 2.41. The Bertz CT molecular complexity index is 1970. The SMILES string of the molecule is COc1cc(/C=C/C(=O)N2CCN(C(=O)c3cc(OC)c(OC)c(OC)c3)CC2)ccc1OCCCCCCCOc1cc2c(cc1OC)C(=O)N1CCC[C@H]1C=N2. The first-order chi connectivity index (χ1) is 28.3. The highest BCUT2D eigenvalue weighted by molar-refractivity contribution is 6.03. The summed E-state index contributed by atoms with van der Waals surface area (Å²) in [5, 5.41) is 0. The van der Waals surface area contributed by atoms with E-state index in [-0.39, 0.29) is 23.8 Å². The van der Waals surface area contributed by atoms with E-state index in [0.29, 0.717) is 96.5 Å². The van der Waals surface area contributed by atoms with Crippen LogP contribution in [0.1, 0.15) is 71.2 Å². The lowest BCUT2D eigenvalue weighted by molar-refractivity contribution is -0.127. The van der Waals surface area contributed by atoms with Crippen molar-refractivity contribution in [2.24, 2.45) is 4.99 Å². The summed E-state index contributed by atoms with van der Waals surface area (Å²) in [7, 11) is 7.71. The average molecular weight is 799 g/mol. The lowest BCUT2D eigenvalue weighted by Crippen LogP contribution is -2.50. The smallest absolute Gasteiger partial charge is 0.256 e. The van der Waals surface area contributed by atoms with Crippen LogP contribution in [0.2, 0.25) is 0 Å². The van der Waals surface area contributed by atoms with Crippen LogP contribution in [-0.4, -0.2) is 126 Å². The number of unbranched alkanes of at least 4 members (excludes halogenated alkanes) is 4. The molecule has 3 aliphatic rings. The topological polar surface area (TPSA) is 138 Å². The zero-order chi connectivity index (χ0) is 41.0. The number of amides is 3. The van der Waals surface area contributed by atoms with E-state index in [0.717, 1.165) is 57.1 Å². The van der Waals surface area contributed by atoms with Gasteiger partial charge in [-0.25, -0.2) is 0 Å². The minimum atomic E-state index is -0.172. The number of fused-ring (bicyclic) bond motifs is 2. The van der Waals surface area contributed by atoms with E-state index in [1.807, 2.05) is 35.4 Å². The molecule has 58 heavy (non-hydrogen) atoms. The Labute approximate surface area is 340 Å². The summed E-state index contributed by atoms with van der Waals surface area (Å²) in [4.78, 5) is 49.4. The molecule has 6 rings (SSSR count). The van der Waals surface area contributed by atoms with Crippen molar-refractivity contribution in [3.05, 3.63) is 65.2 Å². The maximum atomic E-state index is 13.3. The van der Waals surface area contributed by atoms with Gasteiger partial charge in [-0.05, 0) is 67.7 Å². The number of carbonyl (C=O) groups is 3. The molecule has 310 valence electrons. The Morgan fingerprint density at radius 2 is 1.31 bits per heavy atom. The lowest BCUT2D eigenvalue weighted by Gasteiger charge is -2.34. The number of carbonyl (C=O) groups excluding carboxylic acids is 3. The average Bonchev–Trinajstić information content (AvgIpc) is 3.70. The molecule has 0 bridgehead atoms. The highest BCUT2D eigenvalue weighted by atomic mass is 16.5. The first-order valence-electron chi connectivity index (χ1n) is 19.9. The monoisotopic (exact) mass is 798 g/mol. The fourth-order valence-corrected chi connectivity index (χ4v) is 7.42. The number of aliphatic imine (C=N–C) groups is 1. The van der Waals surface area contributed by atoms with Gasteiger partial charge in [0.15, 0.2) is 34.5 Å². The molecular formula is C44H54N4O10. The zero-order valence-corrected chi connectivity index (χ0v) is 34.1. The van der Waals surface area contributed by atoms with Crippen molar-refractivity contribution in [1.82, 2.24) is 14.7 Å². The summed E-state index contributed by atoms with van der Waals surface area (Å²) in [5.74, 6) is 3.30. The number of ether oxygens (including phenoxy) is 7. The second-order valence-corrected chi connectivity index (χ2v) is 14.2. The molecule has 0 spiro atoms. The lowest BCUT2D eigenvalue weighted by atomic mass is 10.1. The number of hydrogen-bond donors (Lipinski definition) is 0. The molecule has 3 heterocycles. The summed E-state index contributed by atoms with van der Waals surface area (Å²) in [6.07, 6.45) is 11.9. The van der Waals surface area contributed by atoms with Crippen molar-refractivity contribution in [2.45, 2.75) is 51.0 Å². The predicted octanol–water partition coefficient (Wildman–Crippen LogP) is 6.46. The quantitative estimate of drug-likeness (QED) is 0.104. The van der Waals surface area contributed by atoms with E-state index in [1.54, 1.807) is 54.4 Å². The van der Waals surface area contributed by atoms with Crippen molar-refractivity contribution >= 4 is 35.7 Å². The molecule has 2 saturated heterocycles. The first-order valence-corrected chi connectivity index (χ1v) is 19.9. The van der Waals surface area contributed by atoms with Gasteiger partial charge in [-0.15, -0.1) is 0 Å². The van der Waals surface area contributed by atoms with Gasteiger partial charge in [0.2, 0.25) is 11.7 Å². The van der Waals surface area contributed by atoms with Crippen LogP contribution < -0.4 is 33.2 Å². The fourth-order valence-electron chi connectivity index (χ4n) is 7.42. The number of nitrogens with zero attached hydrogens (tertiary/aromatic N) is 4. The number of piperazine rings is 1. The molecule has 2 fully saturated rings. The fraction of sp³-hybridized carbons (Fsp3) is 0.455. The van der Waals surface area contributed by atoms with Crippen LogP contribution in [0.4, 0.5) is 5.69 Å². The van der Waals surface area contributed by atoms with Gasteiger partial charge in [-0.1, -0.05) is 25.3 Å². The van der Waals surface area contributed by atoms with Gasteiger partial charge >= 0.3 is 0 Å². The summed E-state index contributed by atoms with van der Waals surface area (Å²) in [6, 6.07) is 12.5. The molecule has 14 heteroatoms. The third-order valence-electron chi connectivity index (χ3n) is 10.7. The van der Waals surface area contributed by atoms with Crippen LogP contribution >= 0.6 is 0 Å². The van der Waals surface area contributed by atoms with Crippen LogP contribution in [0.15, 0.2) is 53.5 Å². The predicted molar refractivity (Wildman–Crippen MR) is 220 cm³/mol. The van der Waals surface area contributed by atoms with E-state index in [4.69, 9.17) is 33.2 Å². The Morgan fingerprint density at radius 1 is 0.690 bits per heavy atom.